The van der Waals surface area contributed by atoms with Crippen LogP contribution in [0.1, 0.15) is 66.4 Å². The summed E-state index contributed by atoms with van der Waals surface area (Å²) in [4.78, 5) is 38.2. The Morgan fingerprint density at radius 1 is 1.03 bits per heavy atom. The summed E-state index contributed by atoms with van der Waals surface area (Å²) >= 11 is 6.44. The molecule has 1 aromatic carbocycles. The molecule has 0 unspecified atom stereocenters. The third-order valence-corrected chi connectivity index (χ3v) is 4.48. The van der Waals surface area contributed by atoms with Crippen LogP contribution in [0.4, 0.5) is 15.3 Å². The van der Waals surface area contributed by atoms with Crippen molar-refractivity contribution in [2.75, 3.05) is 11.5 Å². The fourth-order valence-corrected chi connectivity index (χ4v) is 3.17. The molecule has 0 spiro atoms. The number of amides is 2. The summed E-state index contributed by atoms with van der Waals surface area (Å²) in [5.41, 5.74) is -0.637. The number of imide groups is 1. The fraction of sp³-hybridized carbons (Fsp3) is 0.591. The summed E-state index contributed by atoms with van der Waals surface area (Å²) in [6, 6.07) is 4.96. The quantitative estimate of drug-likeness (QED) is 0.443. The van der Waals surface area contributed by atoms with Gasteiger partial charge in [-0.15, -0.1) is 0 Å². The first-order chi connectivity index (χ1) is 13.7. The Balaban J connectivity index is 2.31. The smallest absolute Gasteiger partial charge is 0.424 e. The van der Waals surface area contributed by atoms with Gasteiger partial charge in [-0.05, 0) is 78.5 Å². The number of carbonyl (C=O) groups is 3. The lowest BCUT2D eigenvalue weighted by molar-refractivity contribution is -0.144. The van der Waals surface area contributed by atoms with Crippen LogP contribution in [0.3, 0.4) is 0 Å². The largest absolute Gasteiger partial charge is 0.466 e. The zero-order valence-electron chi connectivity index (χ0n) is 18.6. The normalized spacial score (nSPS) is 18.4. The lowest BCUT2D eigenvalue weighted by Gasteiger charge is -2.29. The molecule has 0 radical (unpaired) electrons. The van der Waals surface area contributed by atoms with Crippen molar-refractivity contribution < 1.29 is 28.6 Å². The van der Waals surface area contributed by atoms with E-state index in [0.717, 1.165) is 10.5 Å². The zero-order chi connectivity index (χ0) is 22.9. The highest BCUT2D eigenvalue weighted by Gasteiger charge is 2.45. The van der Waals surface area contributed by atoms with E-state index < -0.39 is 23.4 Å². The molecule has 1 aliphatic rings. The summed E-state index contributed by atoms with van der Waals surface area (Å²) < 4.78 is 15.8. The Morgan fingerprint density at radius 2 is 1.57 bits per heavy atom. The van der Waals surface area contributed by atoms with Gasteiger partial charge in [-0.3, -0.25) is 4.79 Å². The minimum absolute atomic E-state index is 0.00658. The third-order valence-electron chi connectivity index (χ3n) is 4.17. The van der Waals surface area contributed by atoms with Crippen LogP contribution in [-0.4, -0.2) is 36.0 Å². The van der Waals surface area contributed by atoms with Crippen LogP contribution in [0.5, 0.6) is 0 Å². The number of hydrogen-bond acceptors (Lipinski definition) is 6. The van der Waals surface area contributed by atoms with E-state index in [4.69, 9.17) is 25.8 Å². The molecule has 30 heavy (non-hydrogen) atoms. The second-order valence-corrected chi connectivity index (χ2v) is 9.61. The molecule has 0 saturated heterocycles. The van der Waals surface area contributed by atoms with Gasteiger partial charge in [0, 0.05) is 0 Å². The first kappa shape index (κ1) is 24.0. The maximum absolute atomic E-state index is 12.8. The molecule has 2 amide bonds. The molecule has 7 nitrogen and oxygen atoms in total. The monoisotopic (exact) mass is 439 g/mol. The number of benzene rings is 1. The van der Waals surface area contributed by atoms with Crippen molar-refractivity contribution in [3.05, 3.63) is 28.8 Å². The molecule has 1 aliphatic carbocycles. The number of ether oxygens (including phenoxy) is 3. The minimum Gasteiger partial charge on any atom is -0.466 e. The van der Waals surface area contributed by atoms with E-state index in [9.17, 15) is 14.4 Å². The molecule has 0 aliphatic heterocycles. The van der Waals surface area contributed by atoms with Crippen LogP contribution in [-0.2, 0) is 19.0 Å². The SMILES string of the molecule is CCOC(=O)[C@H]1C[C@@H]1c1ccc(N(C(=O)OC(C)(C)C)C(=O)OC(C)(C)C)c(Cl)c1. The number of halogens is 1. The average molecular weight is 440 g/mol. The summed E-state index contributed by atoms with van der Waals surface area (Å²) in [5.74, 6) is -0.418. The van der Waals surface area contributed by atoms with Crippen LogP contribution in [0, 0.1) is 5.92 Å². The fourth-order valence-electron chi connectivity index (χ4n) is 2.89. The summed E-state index contributed by atoms with van der Waals surface area (Å²) in [6.07, 6.45) is -1.10. The van der Waals surface area contributed by atoms with Gasteiger partial charge in [0.15, 0.2) is 0 Å². The lowest BCUT2D eigenvalue weighted by Crippen LogP contribution is -2.44. The minimum atomic E-state index is -0.887. The van der Waals surface area contributed by atoms with Crippen molar-refractivity contribution in [1.82, 2.24) is 0 Å². The average Bonchev–Trinajstić information content (AvgIpc) is 3.34. The van der Waals surface area contributed by atoms with E-state index in [2.05, 4.69) is 0 Å². The summed E-state index contributed by atoms with van der Waals surface area (Å²) in [5, 5.41) is 0.179. The van der Waals surface area contributed by atoms with Gasteiger partial charge in [0.05, 0.1) is 23.2 Å². The molecule has 1 aromatic rings. The number of nitrogens with zero attached hydrogens (tertiary/aromatic N) is 1. The number of esters is 1. The van der Waals surface area contributed by atoms with Crippen molar-refractivity contribution in [3.63, 3.8) is 0 Å². The number of anilines is 1. The number of hydrogen-bond donors (Lipinski definition) is 0. The van der Waals surface area contributed by atoms with Crippen LogP contribution in [0.2, 0.25) is 5.02 Å². The Kier molecular flexibility index (Phi) is 7.07. The second-order valence-electron chi connectivity index (χ2n) is 9.21. The van der Waals surface area contributed by atoms with E-state index in [0.29, 0.717) is 13.0 Å². The van der Waals surface area contributed by atoms with E-state index in [1.807, 2.05) is 0 Å². The highest BCUT2D eigenvalue weighted by molar-refractivity contribution is 6.34. The number of rotatable bonds is 4. The molecule has 0 N–H and O–H groups in total. The van der Waals surface area contributed by atoms with Gasteiger partial charge in [0.2, 0.25) is 0 Å². The maximum Gasteiger partial charge on any atom is 0.424 e. The predicted molar refractivity (Wildman–Crippen MR) is 114 cm³/mol. The van der Waals surface area contributed by atoms with Crippen molar-refractivity contribution in [2.24, 2.45) is 5.92 Å². The van der Waals surface area contributed by atoms with Crippen molar-refractivity contribution in [2.45, 2.75) is 72.0 Å². The maximum atomic E-state index is 12.8. The molecule has 166 valence electrons. The van der Waals surface area contributed by atoms with E-state index in [-0.39, 0.29) is 28.5 Å². The molecule has 0 heterocycles. The van der Waals surface area contributed by atoms with Crippen LogP contribution < -0.4 is 4.90 Å². The molecule has 1 saturated carbocycles. The summed E-state index contributed by atoms with van der Waals surface area (Å²) in [7, 11) is 0. The van der Waals surface area contributed by atoms with Crippen LogP contribution >= 0.6 is 11.6 Å². The first-order valence-corrected chi connectivity index (χ1v) is 10.3. The van der Waals surface area contributed by atoms with Crippen molar-refractivity contribution >= 4 is 35.4 Å². The van der Waals surface area contributed by atoms with Crippen LogP contribution in [0.15, 0.2) is 18.2 Å². The van der Waals surface area contributed by atoms with E-state index >= 15 is 0 Å². The third kappa shape index (κ3) is 6.36. The topological polar surface area (TPSA) is 82.1 Å². The Bertz CT molecular complexity index is 796. The van der Waals surface area contributed by atoms with E-state index in [1.165, 1.54) is 0 Å². The zero-order valence-corrected chi connectivity index (χ0v) is 19.3. The molecule has 0 aromatic heterocycles. The van der Waals surface area contributed by atoms with Crippen LogP contribution in [0.25, 0.3) is 0 Å². The van der Waals surface area contributed by atoms with Gasteiger partial charge in [-0.25, -0.2) is 9.59 Å². The van der Waals surface area contributed by atoms with E-state index in [1.54, 1.807) is 66.7 Å². The highest BCUT2D eigenvalue weighted by atomic mass is 35.5. The van der Waals surface area contributed by atoms with Gasteiger partial charge in [-0.2, -0.15) is 4.90 Å². The molecule has 2 atom stereocenters. The Labute approximate surface area is 182 Å². The molecule has 1 fully saturated rings. The molecular formula is C22H30ClNO6. The molecule has 8 heteroatoms. The van der Waals surface area contributed by atoms with Gasteiger partial charge in [0.1, 0.15) is 11.2 Å². The van der Waals surface area contributed by atoms with Gasteiger partial charge in [-0.1, -0.05) is 17.7 Å². The van der Waals surface area contributed by atoms with Gasteiger partial charge < -0.3 is 14.2 Å². The molecule has 0 bridgehead atoms. The summed E-state index contributed by atoms with van der Waals surface area (Å²) in [6.45, 7) is 12.3. The van der Waals surface area contributed by atoms with Crippen molar-refractivity contribution in [3.8, 4) is 0 Å². The molecule has 2 rings (SSSR count). The second kappa shape index (κ2) is 8.84. The van der Waals surface area contributed by atoms with Gasteiger partial charge >= 0.3 is 18.2 Å². The number of carbonyl (C=O) groups excluding carboxylic acids is 3. The Morgan fingerprint density at radius 3 is 2.00 bits per heavy atom. The predicted octanol–water partition coefficient (Wildman–Crippen LogP) is 5.68. The Hall–Kier alpha value is -2.28. The standard InChI is InChI=1S/C22H30ClNO6/c1-8-28-18(25)15-12-14(15)13-9-10-17(16(23)11-13)24(19(26)29-21(2,3)4)20(27)30-22(5,6)7/h9-11,14-15H,8,12H2,1-7H3/t14-,15+/m1/s1. The highest BCUT2D eigenvalue weighted by Crippen LogP contribution is 2.49. The van der Waals surface area contributed by atoms with Gasteiger partial charge in [0.25, 0.3) is 0 Å². The van der Waals surface area contributed by atoms with Crippen molar-refractivity contribution in [1.29, 1.82) is 0 Å². The first-order valence-electron chi connectivity index (χ1n) is 9.95. The molecular weight excluding hydrogens is 410 g/mol. The lowest BCUT2D eigenvalue weighted by atomic mass is 10.1.